The van der Waals surface area contributed by atoms with Crippen LogP contribution < -0.4 is 5.32 Å². The average molecular weight is 272 g/mol. The Bertz CT molecular complexity index is 330. The molecule has 108 valence electrons. The molecule has 0 spiro atoms. The maximum Gasteiger partial charge on any atom is 0.318 e. The molecule has 0 saturated carbocycles. The van der Waals surface area contributed by atoms with Crippen molar-refractivity contribution in [3.8, 4) is 0 Å². The number of nitrogens with zero attached hydrogens (tertiary/aromatic N) is 1. The first kappa shape index (κ1) is 14.1. The second-order valence-corrected chi connectivity index (χ2v) is 4.86. The Balaban J connectivity index is 1.88. The lowest BCUT2D eigenvalue weighted by Gasteiger charge is -2.36. The van der Waals surface area contributed by atoms with E-state index >= 15 is 0 Å². The van der Waals surface area contributed by atoms with Crippen molar-refractivity contribution in [2.45, 2.75) is 31.3 Å². The van der Waals surface area contributed by atoms with Crippen LogP contribution in [0.2, 0.25) is 0 Å². The molecule has 0 aromatic carbocycles. The van der Waals surface area contributed by atoms with Gasteiger partial charge in [0.25, 0.3) is 0 Å². The third kappa shape index (κ3) is 4.07. The molecule has 0 aromatic rings. The molecule has 0 bridgehead atoms. The Morgan fingerprint density at radius 2 is 1.95 bits per heavy atom. The molecule has 0 radical (unpaired) electrons. The third-order valence-electron chi connectivity index (χ3n) is 3.45. The van der Waals surface area contributed by atoms with E-state index in [9.17, 15) is 9.59 Å². The highest BCUT2D eigenvalue weighted by Crippen LogP contribution is 2.13. The SMILES string of the molecule is O=C(O)CC1COCCN1C(=O)NC1CCOCC1. The molecule has 2 aliphatic rings. The van der Waals surface area contributed by atoms with Crippen LogP contribution in [0.25, 0.3) is 0 Å². The lowest BCUT2D eigenvalue weighted by molar-refractivity contribution is -0.139. The highest BCUT2D eigenvalue weighted by Gasteiger charge is 2.30. The summed E-state index contributed by atoms with van der Waals surface area (Å²) in [7, 11) is 0. The lowest BCUT2D eigenvalue weighted by Crippen LogP contribution is -2.55. The van der Waals surface area contributed by atoms with Crippen molar-refractivity contribution in [3.63, 3.8) is 0 Å². The molecule has 2 saturated heterocycles. The van der Waals surface area contributed by atoms with Gasteiger partial charge in [0.1, 0.15) is 0 Å². The fourth-order valence-electron chi connectivity index (χ4n) is 2.39. The number of carboxylic acid groups (broad SMARTS) is 1. The van der Waals surface area contributed by atoms with Crippen molar-refractivity contribution in [1.29, 1.82) is 0 Å². The molecule has 2 N–H and O–H groups in total. The number of carbonyl (C=O) groups excluding carboxylic acids is 1. The summed E-state index contributed by atoms with van der Waals surface area (Å²) in [6, 6.07) is -0.456. The first-order valence-electron chi connectivity index (χ1n) is 6.61. The summed E-state index contributed by atoms with van der Waals surface area (Å²) < 4.78 is 10.5. The molecule has 2 aliphatic heterocycles. The van der Waals surface area contributed by atoms with Gasteiger partial charge in [-0.3, -0.25) is 4.79 Å². The fraction of sp³-hybridized carbons (Fsp3) is 0.833. The molecular formula is C12H20N2O5. The van der Waals surface area contributed by atoms with Crippen LogP contribution in [0.15, 0.2) is 0 Å². The Hall–Kier alpha value is -1.34. The number of carboxylic acids is 1. The number of hydrogen-bond donors (Lipinski definition) is 2. The zero-order valence-corrected chi connectivity index (χ0v) is 10.8. The van der Waals surface area contributed by atoms with Crippen molar-refractivity contribution < 1.29 is 24.2 Å². The zero-order valence-electron chi connectivity index (χ0n) is 10.8. The number of carbonyl (C=O) groups is 2. The maximum atomic E-state index is 12.2. The smallest absolute Gasteiger partial charge is 0.318 e. The molecule has 2 heterocycles. The molecule has 0 aliphatic carbocycles. The molecule has 2 amide bonds. The van der Waals surface area contributed by atoms with Crippen LogP contribution in [0.3, 0.4) is 0 Å². The van der Waals surface area contributed by atoms with Gasteiger partial charge in [-0.15, -0.1) is 0 Å². The summed E-state index contributed by atoms with van der Waals surface area (Å²) in [5.74, 6) is -0.917. The summed E-state index contributed by atoms with van der Waals surface area (Å²) in [6.07, 6.45) is 1.53. The van der Waals surface area contributed by atoms with Gasteiger partial charge < -0.3 is 24.8 Å². The fourth-order valence-corrected chi connectivity index (χ4v) is 2.39. The van der Waals surface area contributed by atoms with Crippen molar-refractivity contribution in [2.75, 3.05) is 33.0 Å². The van der Waals surface area contributed by atoms with E-state index in [1.807, 2.05) is 0 Å². The van der Waals surface area contributed by atoms with Crippen molar-refractivity contribution >= 4 is 12.0 Å². The number of amides is 2. The second-order valence-electron chi connectivity index (χ2n) is 4.86. The first-order chi connectivity index (χ1) is 9.16. The molecule has 7 heteroatoms. The molecule has 2 fully saturated rings. The summed E-state index contributed by atoms with van der Waals surface area (Å²) >= 11 is 0. The van der Waals surface area contributed by atoms with Gasteiger partial charge in [0.05, 0.1) is 25.7 Å². The first-order valence-corrected chi connectivity index (χ1v) is 6.61. The quantitative estimate of drug-likeness (QED) is 0.758. The lowest BCUT2D eigenvalue weighted by atomic mass is 10.1. The van der Waals surface area contributed by atoms with Crippen LogP contribution in [0, 0.1) is 0 Å². The largest absolute Gasteiger partial charge is 0.481 e. The van der Waals surface area contributed by atoms with Gasteiger partial charge in [-0.2, -0.15) is 0 Å². The van der Waals surface area contributed by atoms with E-state index in [1.54, 1.807) is 4.90 Å². The van der Waals surface area contributed by atoms with Gasteiger partial charge in [0.2, 0.25) is 0 Å². The van der Waals surface area contributed by atoms with Crippen molar-refractivity contribution in [3.05, 3.63) is 0 Å². The topological polar surface area (TPSA) is 88.1 Å². The van der Waals surface area contributed by atoms with Crippen LogP contribution in [0.5, 0.6) is 0 Å². The maximum absolute atomic E-state index is 12.2. The highest BCUT2D eigenvalue weighted by molar-refractivity contribution is 5.76. The van der Waals surface area contributed by atoms with Crippen LogP contribution >= 0.6 is 0 Å². The van der Waals surface area contributed by atoms with Crippen LogP contribution in [0.4, 0.5) is 4.79 Å². The zero-order chi connectivity index (χ0) is 13.7. The van der Waals surface area contributed by atoms with Crippen molar-refractivity contribution in [1.82, 2.24) is 10.2 Å². The van der Waals surface area contributed by atoms with Gasteiger partial charge in [0.15, 0.2) is 0 Å². The van der Waals surface area contributed by atoms with E-state index in [0.717, 1.165) is 12.8 Å². The summed E-state index contributed by atoms with van der Waals surface area (Å²) in [5, 5.41) is 11.8. The van der Waals surface area contributed by atoms with Gasteiger partial charge in [-0.1, -0.05) is 0 Å². The van der Waals surface area contributed by atoms with Crippen LogP contribution in [-0.4, -0.2) is 67.1 Å². The molecule has 1 atom stereocenters. The number of rotatable bonds is 3. The number of hydrogen-bond acceptors (Lipinski definition) is 4. The summed E-state index contributed by atoms with van der Waals surface area (Å²) in [4.78, 5) is 24.6. The van der Waals surface area contributed by atoms with Crippen LogP contribution in [0.1, 0.15) is 19.3 Å². The van der Waals surface area contributed by atoms with Gasteiger partial charge >= 0.3 is 12.0 Å². The number of urea groups is 1. The monoisotopic (exact) mass is 272 g/mol. The predicted octanol–water partition coefficient (Wildman–Crippen LogP) is 0.0505. The van der Waals surface area contributed by atoms with E-state index in [4.69, 9.17) is 14.6 Å². The second kappa shape index (κ2) is 6.72. The predicted molar refractivity (Wildman–Crippen MR) is 65.9 cm³/mol. The minimum atomic E-state index is -0.917. The Morgan fingerprint density at radius 3 is 2.63 bits per heavy atom. The van der Waals surface area contributed by atoms with E-state index in [1.165, 1.54) is 0 Å². The van der Waals surface area contributed by atoms with E-state index < -0.39 is 5.97 Å². The minimum absolute atomic E-state index is 0.0821. The number of aliphatic carboxylic acids is 1. The summed E-state index contributed by atoms with van der Waals surface area (Å²) in [5.41, 5.74) is 0. The molecular weight excluding hydrogens is 252 g/mol. The molecule has 19 heavy (non-hydrogen) atoms. The normalized spacial score (nSPS) is 25.1. The highest BCUT2D eigenvalue weighted by atomic mass is 16.5. The average Bonchev–Trinajstić information content (AvgIpc) is 2.39. The van der Waals surface area contributed by atoms with Gasteiger partial charge in [-0.25, -0.2) is 4.79 Å². The van der Waals surface area contributed by atoms with E-state index in [-0.39, 0.29) is 31.1 Å². The third-order valence-corrected chi connectivity index (χ3v) is 3.45. The number of nitrogens with one attached hydrogen (secondary N) is 1. The number of ether oxygens (including phenoxy) is 2. The molecule has 7 nitrogen and oxygen atoms in total. The molecule has 1 unspecified atom stereocenters. The Morgan fingerprint density at radius 1 is 1.21 bits per heavy atom. The molecule has 2 rings (SSSR count). The summed E-state index contributed by atoms with van der Waals surface area (Å²) in [6.45, 7) is 2.50. The Labute approximate surface area is 111 Å². The van der Waals surface area contributed by atoms with Gasteiger partial charge in [-0.05, 0) is 12.8 Å². The number of morpholine rings is 1. The van der Waals surface area contributed by atoms with Crippen LogP contribution in [-0.2, 0) is 14.3 Å². The van der Waals surface area contributed by atoms with Crippen molar-refractivity contribution in [2.24, 2.45) is 0 Å². The van der Waals surface area contributed by atoms with Gasteiger partial charge in [0, 0.05) is 25.8 Å². The minimum Gasteiger partial charge on any atom is -0.481 e. The molecule has 0 aromatic heterocycles. The van der Waals surface area contributed by atoms with E-state index in [0.29, 0.717) is 26.4 Å². The van der Waals surface area contributed by atoms with E-state index in [2.05, 4.69) is 5.32 Å². The standard InChI is InChI=1S/C12H20N2O5/c15-11(16)7-10-8-19-6-3-14(10)12(17)13-9-1-4-18-5-2-9/h9-10H,1-8H2,(H,13,17)(H,15,16). The Kier molecular flexibility index (Phi) is 4.98.